The molecule has 0 bridgehead atoms. The van der Waals surface area contributed by atoms with Crippen molar-refractivity contribution in [2.24, 2.45) is 11.5 Å². The lowest BCUT2D eigenvalue weighted by molar-refractivity contribution is 0.465. The van der Waals surface area contributed by atoms with Crippen LogP contribution in [0.1, 0.15) is 142 Å². The molecular formula is C24H54Cl2N2. The Kier molecular flexibility index (Phi) is 32.6. The predicted octanol–water partition coefficient (Wildman–Crippen LogP) is 8.33. The summed E-state index contributed by atoms with van der Waals surface area (Å²) < 4.78 is 0. The van der Waals surface area contributed by atoms with Gasteiger partial charge in [0.15, 0.2) is 0 Å². The molecule has 4 N–H and O–H groups in total. The minimum absolute atomic E-state index is 0. The molecule has 0 aromatic heterocycles. The topological polar surface area (TPSA) is 52.0 Å². The predicted molar refractivity (Wildman–Crippen MR) is 134 cm³/mol. The molecule has 0 rings (SSSR count). The molecule has 2 nitrogen and oxygen atoms in total. The third kappa shape index (κ3) is 26.5. The van der Waals surface area contributed by atoms with Gasteiger partial charge in [-0.15, -0.1) is 24.8 Å². The van der Waals surface area contributed by atoms with E-state index in [-0.39, 0.29) is 24.8 Å². The lowest BCUT2D eigenvalue weighted by Gasteiger charge is -2.13. The molecule has 0 fully saturated rings. The average molecular weight is 442 g/mol. The minimum atomic E-state index is 0. The third-order valence-electron chi connectivity index (χ3n) is 5.76. The molecule has 0 aromatic rings. The SMILES string of the molecule is CCCCCCCCC(N)CCCCCCC(N)CCCCCCCC.Cl.Cl. The first-order valence-corrected chi connectivity index (χ1v) is 12.2. The molecule has 4 heteroatoms. The first kappa shape index (κ1) is 33.1. The van der Waals surface area contributed by atoms with Crippen LogP contribution in [0.2, 0.25) is 0 Å². The van der Waals surface area contributed by atoms with Crippen LogP contribution in [0, 0.1) is 0 Å². The Morgan fingerprint density at radius 3 is 0.857 bits per heavy atom. The third-order valence-corrected chi connectivity index (χ3v) is 5.76. The quantitative estimate of drug-likeness (QED) is 0.176. The molecule has 0 spiro atoms. The van der Waals surface area contributed by atoms with E-state index in [0.717, 1.165) is 0 Å². The van der Waals surface area contributed by atoms with Gasteiger partial charge < -0.3 is 11.5 Å². The average Bonchev–Trinajstić information content (AvgIpc) is 2.63. The number of nitrogens with two attached hydrogens (primary N) is 2. The summed E-state index contributed by atoms with van der Waals surface area (Å²) in [5.41, 5.74) is 12.5. The second kappa shape index (κ2) is 27.5. The Morgan fingerprint density at radius 1 is 0.393 bits per heavy atom. The molecular weight excluding hydrogens is 387 g/mol. The summed E-state index contributed by atoms with van der Waals surface area (Å²) in [6, 6.07) is 0.882. The van der Waals surface area contributed by atoms with Gasteiger partial charge in [-0.05, 0) is 25.7 Å². The molecule has 0 radical (unpaired) electrons. The summed E-state index contributed by atoms with van der Waals surface area (Å²) in [6.07, 6.45) is 26.7. The Bertz CT molecular complexity index is 239. The van der Waals surface area contributed by atoms with Gasteiger partial charge in [0, 0.05) is 12.1 Å². The van der Waals surface area contributed by atoms with E-state index in [4.69, 9.17) is 11.5 Å². The van der Waals surface area contributed by atoms with E-state index in [9.17, 15) is 0 Å². The molecule has 174 valence electrons. The molecule has 0 heterocycles. The summed E-state index contributed by atoms with van der Waals surface area (Å²) in [5, 5.41) is 0. The van der Waals surface area contributed by atoms with Gasteiger partial charge in [0.1, 0.15) is 0 Å². The van der Waals surface area contributed by atoms with Crippen LogP contribution in [-0.2, 0) is 0 Å². The Labute approximate surface area is 190 Å². The maximum Gasteiger partial charge on any atom is 0.00388 e. The Hall–Kier alpha value is 0.500. The van der Waals surface area contributed by atoms with Crippen molar-refractivity contribution in [3.8, 4) is 0 Å². The van der Waals surface area contributed by atoms with Crippen molar-refractivity contribution in [2.75, 3.05) is 0 Å². The van der Waals surface area contributed by atoms with Crippen LogP contribution in [0.5, 0.6) is 0 Å². The van der Waals surface area contributed by atoms with Gasteiger partial charge in [0.05, 0.1) is 0 Å². The fourth-order valence-electron chi connectivity index (χ4n) is 3.83. The van der Waals surface area contributed by atoms with Gasteiger partial charge >= 0.3 is 0 Å². The maximum absolute atomic E-state index is 6.26. The van der Waals surface area contributed by atoms with Crippen LogP contribution in [0.3, 0.4) is 0 Å². The van der Waals surface area contributed by atoms with Crippen LogP contribution in [0.15, 0.2) is 0 Å². The van der Waals surface area contributed by atoms with Crippen molar-refractivity contribution < 1.29 is 0 Å². The van der Waals surface area contributed by atoms with Crippen LogP contribution < -0.4 is 11.5 Å². The lowest BCUT2D eigenvalue weighted by atomic mass is 9.99. The summed E-state index contributed by atoms with van der Waals surface area (Å²) in [6.45, 7) is 4.55. The number of rotatable bonds is 21. The highest BCUT2D eigenvalue weighted by Gasteiger charge is 2.04. The monoisotopic (exact) mass is 440 g/mol. The van der Waals surface area contributed by atoms with Gasteiger partial charge in [0.2, 0.25) is 0 Å². The molecule has 0 aliphatic rings. The minimum Gasteiger partial charge on any atom is -0.328 e. The number of hydrogen-bond donors (Lipinski definition) is 2. The second-order valence-electron chi connectivity index (χ2n) is 8.62. The Morgan fingerprint density at radius 2 is 0.607 bits per heavy atom. The van der Waals surface area contributed by atoms with Gasteiger partial charge in [-0.1, -0.05) is 117 Å². The van der Waals surface area contributed by atoms with Crippen molar-refractivity contribution in [1.82, 2.24) is 0 Å². The molecule has 0 saturated heterocycles. The molecule has 0 amide bonds. The van der Waals surface area contributed by atoms with E-state index in [2.05, 4.69) is 13.8 Å². The number of unbranched alkanes of at least 4 members (excludes halogenated alkanes) is 13. The highest BCUT2D eigenvalue weighted by Crippen LogP contribution is 2.14. The van der Waals surface area contributed by atoms with Crippen molar-refractivity contribution in [1.29, 1.82) is 0 Å². The summed E-state index contributed by atoms with van der Waals surface area (Å²) >= 11 is 0. The number of halogens is 2. The van der Waals surface area contributed by atoms with Crippen molar-refractivity contribution in [3.05, 3.63) is 0 Å². The first-order chi connectivity index (χ1) is 12.7. The van der Waals surface area contributed by atoms with E-state index in [1.165, 1.54) is 128 Å². The molecule has 0 saturated carbocycles. The lowest BCUT2D eigenvalue weighted by Crippen LogP contribution is -2.20. The normalized spacial score (nSPS) is 12.9. The van der Waals surface area contributed by atoms with Crippen molar-refractivity contribution in [2.45, 2.75) is 154 Å². The highest BCUT2D eigenvalue weighted by atomic mass is 35.5. The first-order valence-electron chi connectivity index (χ1n) is 12.2. The second-order valence-corrected chi connectivity index (χ2v) is 8.62. The largest absolute Gasteiger partial charge is 0.328 e. The number of hydrogen-bond acceptors (Lipinski definition) is 2. The van der Waals surface area contributed by atoms with E-state index in [1.54, 1.807) is 0 Å². The van der Waals surface area contributed by atoms with Gasteiger partial charge in [0.25, 0.3) is 0 Å². The van der Waals surface area contributed by atoms with Crippen LogP contribution in [-0.4, -0.2) is 12.1 Å². The molecule has 28 heavy (non-hydrogen) atoms. The van der Waals surface area contributed by atoms with E-state index >= 15 is 0 Å². The zero-order valence-electron chi connectivity index (χ0n) is 19.3. The van der Waals surface area contributed by atoms with E-state index < -0.39 is 0 Å². The summed E-state index contributed by atoms with van der Waals surface area (Å²) in [7, 11) is 0. The molecule has 0 aliphatic heterocycles. The maximum atomic E-state index is 6.26. The zero-order chi connectivity index (χ0) is 19.3. The smallest absolute Gasteiger partial charge is 0.00388 e. The molecule has 2 atom stereocenters. The van der Waals surface area contributed by atoms with E-state index in [0.29, 0.717) is 12.1 Å². The van der Waals surface area contributed by atoms with Gasteiger partial charge in [-0.25, -0.2) is 0 Å². The van der Waals surface area contributed by atoms with Crippen molar-refractivity contribution >= 4 is 24.8 Å². The molecule has 0 aliphatic carbocycles. The summed E-state index contributed by atoms with van der Waals surface area (Å²) in [4.78, 5) is 0. The van der Waals surface area contributed by atoms with Gasteiger partial charge in [-0.2, -0.15) is 0 Å². The van der Waals surface area contributed by atoms with Gasteiger partial charge in [-0.3, -0.25) is 0 Å². The van der Waals surface area contributed by atoms with Crippen LogP contribution in [0.4, 0.5) is 0 Å². The fraction of sp³-hybridized carbons (Fsp3) is 1.00. The van der Waals surface area contributed by atoms with Crippen LogP contribution >= 0.6 is 24.8 Å². The van der Waals surface area contributed by atoms with Crippen molar-refractivity contribution in [3.63, 3.8) is 0 Å². The Balaban J connectivity index is -0.00000312. The molecule has 0 aromatic carbocycles. The van der Waals surface area contributed by atoms with Crippen LogP contribution in [0.25, 0.3) is 0 Å². The van der Waals surface area contributed by atoms with E-state index in [1.807, 2.05) is 0 Å². The molecule has 2 unspecified atom stereocenters. The standard InChI is InChI=1S/C24H52N2.2ClH/c1-3-5-7-9-11-15-19-23(25)21-17-13-14-18-22-24(26)20-16-12-10-8-6-4-2;;/h23-24H,3-22,25-26H2,1-2H3;2*1H. The highest BCUT2D eigenvalue weighted by molar-refractivity contribution is 5.85. The fourth-order valence-corrected chi connectivity index (χ4v) is 3.83. The zero-order valence-corrected chi connectivity index (χ0v) is 20.9. The summed E-state index contributed by atoms with van der Waals surface area (Å²) in [5.74, 6) is 0.